The standard InChI is InChI=1S/C18H15N3O5/c1-25-17(23)13-7-8-15-19-9-14(16(22)21(15)10-13)20-18(24)26-11-12-5-3-2-4-6-12/h2-10H,11H2,1H3,(H,20,24). The van der Waals surface area contributed by atoms with Crippen molar-refractivity contribution in [1.29, 1.82) is 0 Å². The summed E-state index contributed by atoms with van der Waals surface area (Å²) in [4.78, 5) is 40.1. The van der Waals surface area contributed by atoms with Gasteiger partial charge in [-0.1, -0.05) is 30.3 Å². The van der Waals surface area contributed by atoms with Crippen LogP contribution in [0.5, 0.6) is 0 Å². The van der Waals surface area contributed by atoms with Gasteiger partial charge in [-0.2, -0.15) is 0 Å². The summed E-state index contributed by atoms with van der Waals surface area (Å²) in [5, 5.41) is 2.36. The summed E-state index contributed by atoms with van der Waals surface area (Å²) in [7, 11) is 1.24. The molecule has 1 amide bonds. The average Bonchev–Trinajstić information content (AvgIpc) is 2.68. The Morgan fingerprint density at radius 3 is 2.65 bits per heavy atom. The van der Waals surface area contributed by atoms with Gasteiger partial charge >= 0.3 is 12.1 Å². The van der Waals surface area contributed by atoms with Gasteiger partial charge in [0, 0.05) is 6.20 Å². The van der Waals surface area contributed by atoms with Gasteiger partial charge in [0.2, 0.25) is 0 Å². The second-order valence-electron chi connectivity index (χ2n) is 5.30. The molecule has 0 atom stereocenters. The highest BCUT2D eigenvalue weighted by Gasteiger charge is 2.12. The third-order valence-electron chi connectivity index (χ3n) is 3.57. The molecule has 26 heavy (non-hydrogen) atoms. The number of carbonyl (C=O) groups is 2. The van der Waals surface area contributed by atoms with Gasteiger partial charge in [0.25, 0.3) is 5.56 Å². The predicted molar refractivity (Wildman–Crippen MR) is 93.1 cm³/mol. The van der Waals surface area contributed by atoms with Crippen LogP contribution in [-0.2, 0) is 16.1 Å². The number of aromatic nitrogens is 2. The molecular weight excluding hydrogens is 338 g/mol. The van der Waals surface area contributed by atoms with Crippen molar-refractivity contribution >= 4 is 23.4 Å². The Labute approximate surface area is 148 Å². The number of benzene rings is 1. The quantitative estimate of drug-likeness (QED) is 0.722. The molecule has 0 unspecified atom stereocenters. The van der Waals surface area contributed by atoms with Gasteiger partial charge in [0.05, 0.1) is 18.9 Å². The lowest BCUT2D eigenvalue weighted by molar-refractivity contribution is 0.0600. The summed E-state index contributed by atoms with van der Waals surface area (Å²) < 4.78 is 10.9. The van der Waals surface area contributed by atoms with Crippen molar-refractivity contribution in [3.05, 3.63) is 76.3 Å². The van der Waals surface area contributed by atoms with Crippen LogP contribution in [0.1, 0.15) is 15.9 Å². The lowest BCUT2D eigenvalue weighted by Gasteiger charge is -2.08. The van der Waals surface area contributed by atoms with Crippen molar-refractivity contribution in [2.75, 3.05) is 12.4 Å². The number of amides is 1. The number of esters is 1. The number of methoxy groups -OCH3 is 1. The molecule has 0 bridgehead atoms. The van der Waals surface area contributed by atoms with Crippen LogP contribution in [0.3, 0.4) is 0 Å². The topological polar surface area (TPSA) is 99.0 Å². The Kier molecular flexibility index (Phi) is 4.93. The molecule has 0 aliphatic rings. The summed E-state index contributed by atoms with van der Waals surface area (Å²) in [5.41, 5.74) is 0.720. The Morgan fingerprint density at radius 2 is 1.92 bits per heavy atom. The normalized spacial score (nSPS) is 10.3. The SMILES string of the molecule is COC(=O)c1ccc2ncc(NC(=O)OCc3ccccc3)c(=O)n2c1. The third kappa shape index (κ3) is 3.69. The molecule has 8 nitrogen and oxygen atoms in total. The molecule has 0 spiro atoms. The van der Waals surface area contributed by atoms with Crippen LogP contribution >= 0.6 is 0 Å². The largest absolute Gasteiger partial charge is 0.465 e. The average molecular weight is 353 g/mol. The van der Waals surface area contributed by atoms with Crippen LogP contribution in [-0.4, -0.2) is 28.6 Å². The zero-order chi connectivity index (χ0) is 18.5. The number of pyridine rings is 1. The van der Waals surface area contributed by atoms with E-state index in [1.54, 1.807) is 0 Å². The Hall–Kier alpha value is -3.68. The maximum atomic E-state index is 12.5. The molecule has 3 aromatic rings. The molecule has 0 fully saturated rings. The number of carbonyl (C=O) groups excluding carboxylic acids is 2. The number of hydrogen-bond acceptors (Lipinski definition) is 6. The number of rotatable bonds is 4. The number of ether oxygens (including phenoxy) is 2. The summed E-state index contributed by atoms with van der Waals surface area (Å²) >= 11 is 0. The van der Waals surface area contributed by atoms with Crippen molar-refractivity contribution in [2.24, 2.45) is 0 Å². The predicted octanol–water partition coefficient (Wildman–Crippen LogP) is 2.23. The number of anilines is 1. The van der Waals surface area contributed by atoms with Crippen LogP contribution in [0.4, 0.5) is 10.5 Å². The monoisotopic (exact) mass is 353 g/mol. The van der Waals surface area contributed by atoms with Gasteiger partial charge in [-0.25, -0.2) is 14.6 Å². The molecular formula is C18H15N3O5. The van der Waals surface area contributed by atoms with E-state index >= 15 is 0 Å². The highest BCUT2D eigenvalue weighted by Crippen LogP contribution is 2.07. The number of hydrogen-bond donors (Lipinski definition) is 1. The fourth-order valence-corrected chi connectivity index (χ4v) is 2.27. The first-order valence-electron chi connectivity index (χ1n) is 7.66. The number of nitrogens with one attached hydrogen (secondary N) is 1. The summed E-state index contributed by atoms with van der Waals surface area (Å²) in [5.74, 6) is -0.584. The first-order valence-corrected chi connectivity index (χ1v) is 7.66. The molecule has 0 aliphatic heterocycles. The highest BCUT2D eigenvalue weighted by atomic mass is 16.5. The first-order chi connectivity index (χ1) is 12.6. The lowest BCUT2D eigenvalue weighted by atomic mass is 10.2. The Balaban J connectivity index is 1.79. The van der Waals surface area contributed by atoms with Crippen LogP contribution in [0.15, 0.2) is 59.7 Å². The minimum Gasteiger partial charge on any atom is -0.465 e. The van der Waals surface area contributed by atoms with Crippen LogP contribution < -0.4 is 10.9 Å². The Bertz CT molecular complexity index is 1010. The van der Waals surface area contributed by atoms with Gasteiger partial charge in [-0.15, -0.1) is 0 Å². The molecule has 1 N–H and O–H groups in total. The summed E-state index contributed by atoms with van der Waals surface area (Å²) in [6.07, 6.45) is 1.76. The van der Waals surface area contributed by atoms with E-state index in [1.165, 1.54) is 31.6 Å². The molecule has 2 heterocycles. The van der Waals surface area contributed by atoms with Crippen LogP contribution in [0.2, 0.25) is 0 Å². The van der Waals surface area contributed by atoms with E-state index in [9.17, 15) is 14.4 Å². The van der Waals surface area contributed by atoms with Crippen molar-refractivity contribution in [3.8, 4) is 0 Å². The van der Waals surface area contributed by atoms with Crippen LogP contribution in [0.25, 0.3) is 5.65 Å². The van der Waals surface area contributed by atoms with Crippen molar-refractivity contribution in [2.45, 2.75) is 6.61 Å². The second kappa shape index (κ2) is 7.47. The van der Waals surface area contributed by atoms with E-state index in [0.29, 0.717) is 5.65 Å². The zero-order valence-electron chi connectivity index (χ0n) is 13.8. The van der Waals surface area contributed by atoms with Gasteiger partial charge < -0.3 is 9.47 Å². The van der Waals surface area contributed by atoms with Crippen molar-refractivity contribution in [3.63, 3.8) is 0 Å². The number of nitrogens with zero attached hydrogens (tertiary/aromatic N) is 2. The molecule has 0 saturated heterocycles. The first kappa shape index (κ1) is 17.2. The van der Waals surface area contributed by atoms with Gasteiger partial charge in [-0.3, -0.25) is 14.5 Å². The molecule has 1 aromatic carbocycles. The maximum absolute atomic E-state index is 12.5. The smallest absolute Gasteiger partial charge is 0.412 e. The molecule has 8 heteroatoms. The highest BCUT2D eigenvalue weighted by molar-refractivity contribution is 5.89. The second-order valence-corrected chi connectivity index (χ2v) is 5.30. The van der Waals surface area contributed by atoms with E-state index in [4.69, 9.17) is 4.74 Å². The Morgan fingerprint density at radius 1 is 1.15 bits per heavy atom. The zero-order valence-corrected chi connectivity index (χ0v) is 13.8. The molecule has 0 radical (unpaired) electrons. The molecule has 132 valence electrons. The van der Waals surface area contributed by atoms with E-state index in [2.05, 4.69) is 15.0 Å². The molecule has 2 aromatic heterocycles. The minimum absolute atomic E-state index is 0.0671. The van der Waals surface area contributed by atoms with Crippen molar-refractivity contribution in [1.82, 2.24) is 9.38 Å². The summed E-state index contributed by atoms with van der Waals surface area (Å²) in [6, 6.07) is 12.1. The van der Waals surface area contributed by atoms with Gasteiger partial charge in [0.1, 0.15) is 17.9 Å². The van der Waals surface area contributed by atoms with E-state index in [0.717, 1.165) is 9.96 Å². The maximum Gasteiger partial charge on any atom is 0.412 e. The molecule has 0 saturated carbocycles. The van der Waals surface area contributed by atoms with E-state index in [-0.39, 0.29) is 17.9 Å². The fourth-order valence-electron chi connectivity index (χ4n) is 2.27. The van der Waals surface area contributed by atoms with Gasteiger partial charge in [-0.05, 0) is 17.7 Å². The minimum atomic E-state index is -0.781. The van der Waals surface area contributed by atoms with Crippen LogP contribution in [0, 0.1) is 0 Å². The number of fused-ring (bicyclic) bond motifs is 1. The fraction of sp³-hybridized carbons (Fsp3) is 0.111. The van der Waals surface area contributed by atoms with Gasteiger partial charge in [0.15, 0.2) is 0 Å². The molecule has 0 aliphatic carbocycles. The summed E-state index contributed by atoms with van der Waals surface area (Å²) in [6.45, 7) is 0.0709. The lowest BCUT2D eigenvalue weighted by Crippen LogP contribution is -2.24. The van der Waals surface area contributed by atoms with E-state index in [1.807, 2.05) is 30.3 Å². The molecule has 3 rings (SSSR count). The van der Waals surface area contributed by atoms with Crippen molar-refractivity contribution < 1.29 is 19.1 Å². The third-order valence-corrected chi connectivity index (χ3v) is 3.57. The van der Waals surface area contributed by atoms with E-state index < -0.39 is 17.6 Å².